The Morgan fingerprint density at radius 1 is 1.03 bits per heavy atom. The van der Waals surface area contributed by atoms with Crippen LogP contribution in [0.15, 0.2) is 54.7 Å². The van der Waals surface area contributed by atoms with Gasteiger partial charge in [-0.2, -0.15) is 10.2 Å². The molecule has 3 heterocycles. The molecule has 1 fully saturated rings. The molecule has 0 spiro atoms. The predicted molar refractivity (Wildman–Crippen MR) is 131 cm³/mol. The van der Waals surface area contributed by atoms with E-state index >= 15 is 0 Å². The lowest BCUT2D eigenvalue weighted by Crippen LogP contribution is -2.42. The molecule has 4 aromatic rings. The highest BCUT2D eigenvalue weighted by atomic mass is 16.5. The minimum absolute atomic E-state index is 0.0256. The number of fused-ring (bicyclic) bond motifs is 1. The van der Waals surface area contributed by atoms with Crippen molar-refractivity contribution < 1.29 is 19.0 Å². The maximum atomic E-state index is 13.3. The Morgan fingerprint density at radius 3 is 2.60 bits per heavy atom. The van der Waals surface area contributed by atoms with Gasteiger partial charge in [0.05, 0.1) is 26.1 Å². The molecular formula is C26H27N5O4. The van der Waals surface area contributed by atoms with Crippen molar-refractivity contribution in [3.63, 3.8) is 0 Å². The first kappa shape index (κ1) is 22.6. The molecule has 9 heteroatoms. The second-order valence-corrected chi connectivity index (χ2v) is 8.45. The first-order valence-corrected chi connectivity index (χ1v) is 11.5. The molecule has 0 aliphatic carbocycles. The molecule has 0 atom stereocenters. The molecular weight excluding hydrogens is 446 g/mol. The lowest BCUT2D eigenvalue weighted by Gasteiger charge is -2.31. The van der Waals surface area contributed by atoms with E-state index < -0.39 is 0 Å². The molecule has 0 N–H and O–H groups in total. The summed E-state index contributed by atoms with van der Waals surface area (Å²) in [7, 11) is 4.99. The van der Waals surface area contributed by atoms with Gasteiger partial charge in [0.1, 0.15) is 23.3 Å². The van der Waals surface area contributed by atoms with Crippen LogP contribution in [-0.2, 0) is 7.05 Å². The van der Waals surface area contributed by atoms with Gasteiger partial charge in [0.15, 0.2) is 0 Å². The van der Waals surface area contributed by atoms with Crippen LogP contribution in [0.3, 0.4) is 0 Å². The number of piperidine rings is 1. The van der Waals surface area contributed by atoms with Crippen LogP contribution in [0.25, 0.3) is 22.0 Å². The van der Waals surface area contributed by atoms with E-state index in [0.29, 0.717) is 54.7 Å². The van der Waals surface area contributed by atoms with Gasteiger partial charge < -0.3 is 19.1 Å². The monoisotopic (exact) mass is 473 g/mol. The maximum Gasteiger partial charge on any atom is 0.272 e. The lowest BCUT2D eigenvalue weighted by molar-refractivity contribution is 0.0579. The van der Waals surface area contributed by atoms with E-state index in [1.807, 2.05) is 47.4 Å². The smallest absolute Gasteiger partial charge is 0.272 e. The first-order chi connectivity index (χ1) is 17.1. The Bertz CT molecular complexity index is 1360. The fourth-order valence-electron chi connectivity index (χ4n) is 4.40. The Balaban J connectivity index is 1.28. The highest BCUT2D eigenvalue weighted by molar-refractivity contribution is 5.94. The fourth-order valence-corrected chi connectivity index (χ4v) is 4.40. The molecule has 5 rings (SSSR count). The number of ether oxygens (including phenoxy) is 3. The van der Waals surface area contributed by atoms with Gasteiger partial charge in [-0.3, -0.25) is 9.48 Å². The van der Waals surface area contributed by atoms with Gasteiger partial charge in [-0.15, -0.1) is 5.10 Å². The summed E-state index contributed by atoms with van der Waals surface area (Å²) in [6.45, 7) is 1.18. The molecule has 9 nitrogen and oxygen atoms in total. The van der Waals surface area contributed by atoms with Gasteiger partial charge in [0.25, 0.3) is 5.91 Å². The van der Waals surface area contributed by atoms with Crippen LogP contribution in [0.4, 0.5) is 0 Å². The summed E-state index contributed by atoms with van der Waals surface area (Å²) in [5, 5.41) is 14.7. The van der Waals surface area contributed by atoms with Gasteiger partial charge in [0, 0.05) is 49.3 Å². The second-order valence-electron chi connectivity index (χ2n) is 8.45. The number of likely N-dealkylation sites (tertiary alicyclic amines) is 1. The first-order valence-electron chi connectivity index (χ1n) is 11.5. The van der Waals surface area contributed by atoms with Crippen molar-refractivity contribution in [2.24, 2.45) is 7.05 Å². The molecule has 0 saturated carbocycles. The number of aromatic nitrogens is 4. The summed E-state index contributed by atoms with van der Waals surface area (Å²) < 4.78 is 18.6. The third-order valence-electron chi connectivity index (χ3n) is 6.33. The number of carbonyl (C=O) groups excluding carboxylic acids is 1. The number of hydrogen-bond donors (Lipinski definition) is 0. The van der Waals surface area contributed by atoms with Crippen LogP contribution < -0.4 is 14.2 Å². The largest absolute Gasteiger partial charge is 0.497 e. The molecule has 1 aliphatic rings. The number of benzene rings is 2. The highest BCUT2D eigenvalue weighted by Gasteiger charge is 2.28. The van der Waals surface area contributed by atoms with Crippen molar-refractivity contribution in [1.82, 2.24) is 24.9 Å². The summed E-state index contributed by atoms with van der Waals surface area (Å²) in [4.78, 5) is 15.2. The highest BCUT2D eigenvalue weighted by Crippen LogP contribution is 2.33. The second kappa shape index (κ2) is 9.61. The van der Waals surface area contributed by atoms with Crippen molar-refractivity contribution in [2.75, 3.05) is 27.3 Å². The minimum atomic E-state index is -0.0588. The van der Waals surface area contributed by atoms with Gasteiger partial charge in [-0.05, 0) is 30.3 Å². The molecule has 1 saturated heterocycles. The zero-order valence-electron chi connectivity index (χ0n) is 20.0. The van der Waals surface area contributed by atoms with Crippen molar-refractivity contribution in [1.29, 1.82) is 0 Å². The molecule has 0 bridgehead atoms. The van der Waals surface area contributed by atoms with Gasteiger partial charge in [-0.1, -0.05) is 18.2 Å². The zero-order valence-corrected chi connectivity index (χ0v) is 20.0. The van der Waals surface area contributed by atoms with Gasteiger partial charge >= 0.3 is 0 Å². The van der Waals surface area contributed by atoms with Crippen LogP contribution in [0, 0.1) is 0 Å². The molecule has 1 amide bonds. The third-order valence-corrected chi connectivity index (χ3v) is 6.33. The van der Waals surface area contributed by atoms with E-state index in [1.165, 1.54) is 0 Å². The van der Waals surface area contributed by atoms with Gasteiger partial charge in [0.2, 0.25) is 5.88 Å². The number of amides is 1. The van der Waals surface area contributed by atoms with Crippen LogP contribution >= 0.6 is 0 Å². The number of carbonyl (C=O) groups is 1. The molecule has 0 unspecified atom stereocenters. The molecule has 2 aromatic heterocycles. The molecule has 0 radical (unpaired) electrons. The standard InChI is InChI=1S/C26H27N5O4/c1-30-23(15-22(29-30)21-14-19(33-2)8-9-24(21)34-3)26(32)31-12-10-18(11-13-31)35-25-20-7-5-4-6-17(20)16-27-28-25/h4-9,14-16,18H,10-13H2,1-3H3. The summed E-state index contributed by atoms with van der Waals surface area (Å²) >= 11 is 0. The zero-order chi connectivity index (χ0) is 24.4. The fraction of sp³-hybridized carbons (Fsp3) is 0.308. The Morgan fingerprint density at radius 2 is 1.83 bits per heavy atom. The number of rotatable bonds is 6. The van der Waals surface area contributed by atoms with E-state index in [9.17, 15) is 4.79 Å². The Kier molecular flexibility index (Phi) is 6.22. The van der Waals surface area contributed by atoms with Crippen LogP contribution in [0.2, 0.25) is 0 Å². The number of nitrogens with zero attached hydrogens (tertiary/aromatic N) is 5. The number of aryl methyl sites for hydroxylation is 1. The van der Waals surface area contributed by atoms with E-state index in [1.54, 1.807) is 38.2 Å². The van der Waals surface area contributed by atoms with Crippen molar-refractivity contribution in [3.05, 3.63) is 60.4 Å². The third kappa shape index (κ3) is 4.49. The summed E-state index contributed by atoms with van der Waals surface area (Å²) in [6, 6.07) is 15.2. The number of hydrogen-bond acceptors (Lipinski definition) is 7. The predicted octanol–water partition coefficient (Wildman–Crippen LogP) is 3.73. The molecule has 1 aliphatic heterocycles. The van der Waals surface area contributed by atoms with Crippen molar-refractivity contribution in [2.45, 2.75) is 18.9 Å². The average Bonchev–Trinajstić information content (AvgIpc) is 3.29. The summed E-state index contributed by atoms with van der Waals surface area (Å²) in [5.41, 5.74) is 1.94. The maximum absolute atomic E-state index is 13.3. The van der Waals surface area contributed by atoms with Crippen LogP contribution in [0.1, 0.15) is 23.3 Å². The van der Waals surface area contributed by atoms with Crippen molar-refractivity contribution in [3.8, 4) is 28.6 Å². The van der Waals surface area contributed by atoms with Crippen molar-refractivity contribution >= 4 is 16.7 Å². The quantitative estimate of drug-likeness (QED) is 0.421. The van der Waals surface area contributed by atoms with E-state index in [2.05, 4.69) is 15.3 Å². The molecule has 2 aromatic carbocycles. The minimum Gasteiger partial charge on any atom is -0.497 e. The van der Waals surface area contributed by atoms with E-state index in [0.717, 1.165) is 16.3 Å². The summed E-state index contributed by atoms with van der Waals surface area (Å²) in [6.07, 6.45) is 3.13. The summed E-state index contributed by atoms with van der Waals surface area (Å²) in [5.74, 6) is 1.84. The normalized spacial score (nSPS) is 14.2. The molecule has 180 valence electrons. The van der Waals surface area contributed by atoms with Crippen LogP contribution in [0.5, 0.6) is 17.4 Å². The lowest BCUT2D eigenvalue weighted by atomic mass is 10.1. The average molecular weight is 474 g/mol. The molecule has 35 heavy (non-hydrogen) atoms. The van der Waals surface area contributed by atoms with E-state index in [4.69, 9.17) is 14.2 Å². The van der Waals surface area contributed by atoms with Crippen LogP contribution in [-0.4, -0.2) is 64.2 Å². The van der Waals surface area contributed by atoms with Gasteiger partial charge in [-0.25, -0.2) is 0 Å². The van der Waals surface area contributed by atoms with E-state index in [-0.39, 0.29) is 12.0 Å². The topological polar surface area (TPSA) is 91.6 Å². The Labute approximate surface area is 203 Å². The number of methoxy groups -OCH3 is 2. The Hall–Kier alpha value is -4.14. The SMILES string of the molecule is COc1ccc(OC)c(-c2cc(C(=O)N3CCC(Oc4nncc5ccccc45)CC3)n(C)n2)c1.